The predicted molar refractivity (Wildman–Crippen MR) is 107 cm³/mol. The molecular weight excluding hydrogens is 372 g/mol. The Morgan fingerprint density at radius 3 is 2.59 bits per heavy atom. The predicted octanol–water partition coefficient (Wildman–Crippen LogP) is 1.90. The lowest BCUT2D eigenvalue weighted by Gasteiger charge is -2.07. The quantitative estimate of drug-likeness (QED) is 0.538. The summed E-state index contributed by atoms with van der Waals surface area (Å²) in [6, 6.07) is 14.4. The summed E-state index contributed by atoms with van der Waals surface area (Å²) in [7, 11) is 3.12. The lowest BCUT2D eigenvalue weighted by atomic mass is 10.1. The molecule has 0 aliphatic carbocycles. The number of aromatic nitrogens is 5. The van der Waals surface area contributed by atoms with Crippen LogP contribution in [0, 0.1) is 0 Å². The Labute approximate surface area is 165 Å². The third kappa shape index (κ3) is 3.70. The van der Waals surface area contributed by atoms with E-state index in [9.17, 15) is 9.59 Å². The molecule has 2 aromatic heterocycles. The van der Waals surface area contributed by atoms with Crippen molar-refractivity contribution in [2.45, 2.75) is 6.42 Å². The SMILES string of the molecule is COc1ccc(Cc2nc(NC(=O)c3nn(C)c(=O)c4ccccc34)n[nH]2)cc1. The fraction of sp³-hybridized carbons (Fsp3) is 0.150. The maximum atomic E-state index is 12.7. The van der Waals surface area contributed by atoms with Gasteiger partial charge in [-0.15, -0.1) is 5.10 Å². The normalized spacial score (nSPS) is 10.8. The fourth-order valence-corrected chi connectivity index (χ4v) is 3.00. The molecule has 9 nitrogen and oxygen atoms in total. The number of nitrogens with one attached hydrogen (secondary N) is 2. The van der Waals surface area contributed by atoms with Gasteiger partial charge in [0, 0.05) is 18.9 Å². The number of hydrogen-bond donors (Lipinski definition) is 2. The smallest absolute Gasteiger partial charge is 0.279 e. The van der Waals surface area contributed by atoms with E-state index in [2.05, 4.69) is 25.6 Å². The average Bonchev–Trinajstić information content (AvgIpc) is 3.18. The third-order valence-corrected chi connectivity index (χ3v) is 4.46. The molecule has 0 radical (unpaired) electrons. The van der Waals surface area contributed by atoms with Gasteiger partial charge in [-0.25, -0.2) is 4.68 Å². The molecule has 2 heterocycles. The first kappa shape index (κ1) is 18.4. The molecule has 2 N–H and O–H groups in total. The van der Waals surface area contributed by atoms with Crippen molar-refractivity contribution in [2.75, 3.05) is 12.4 Å². The summed E-state index contributed by atoms with van der Waals surface area (Å²) in [6.07, 6.45) is 0.522. The molecule has 4 rings (SSSR count). The van der Waals surface area contributed by atoms with Gasteiger partial charge in [-0.1, -0.05) is 30.3 Å². The number of H-pyrrole nitrogens is 1. The summed E-state index contributed by atoms with van der Waals surface area (Å²) in [5.41, 5.74) is 0.881. The summed E-state index contributed by atoms with van der Waals surface area (Å²) in [5.74, 6) is 1.02. The minimum atomic E-state index is -0.494. The number of carbonyl (C=O) groups is 1. The average molecular weight is 390 g/mol. The Morgan fingerprint density at radius 2 is 1.86 bits per heavy atom. The molecular formula is C20H18N6O3. The van der Waals surface area contributed by atoms with E-state index in [1.54, 1.807) is 31.4 Å². The van der Waals surface area contributed by atoms with Gasteiger partial charge in [0.25, 0.3) is 11.5 Å². The Kier molecular flexibility index (Phi) is 4.78. The lowest BCUT2D eigenvalue weighted by molar-refractivity contribution is 0.102. The van der Waals surface area contributed by atoms with Gasteiger partial charge in [0.05, 0.1) is 12.5 Å². The van der Waals surface area contributed by atoms with Crippen molar-refractivity contribution in [3.05, 3.63) is 76.0 Å². The molecule has 0 spiro atoms. The van der Waals surface area contributed by atoms with Crippen molar-refractivity contribution >= 4 is 22.6 Å². The van der Waals surface area contributed by atoms with E-state index in [0.29, 0.717) is 23.0 Å². The van der Waals surface area contributed by atoms with Gasteiger partial charge in [0.15, 0.2) is 5.69 Å². The summed E-state index contributed by atoms with van der Waals surface area (Å²) in [6.45, 7) is 0. The van der Waals surface area contributed by atoms with Crippen LogP contribution in [0.25, 0.3) is 10.8 Å². The largest absolute Gasteiger partial charge is 0.497 e. The number of amides is 1. The van der Waals surface area contributed by atoms with Gasteiger partial charge in [0.1, 0.15) is 11.6 Å². The lowest BCUT2D eigenvalue weighted by Crippen LogP contribution is -2.25. The second-order valence-corrected chi connectivity index (χ2v) is 6.41. The van der Waals surface area contributed by atoms with Crippen LogP contribution in [0.3, 0.4) is 0 Å². The van der Waals surface area contributed by atoms with Crippen LogP contribution in [0.1, 0.15) is 21.9 Å². The summed E-state index contributed by atoms with van der Waals surface area (Å²) >= 11 is 0. The van der Waals surface area contributed by atoms with E-state index >= 15 is 0 Å². The Morgan fingerprint density at radius 1 is 1.14 bits per heavy atom. The van der Waals surface area contributed by atoms with Gasteiger partial charge < -0.3 is 4.74 Å². The van der Waals surface area contributed by atoms with Crippen LogP contribution in [0.2, 0.25) is 0 Å². The monoisotopic (exact) mass is 390 g/mol. The number of carbonyl (C=O) groups excluding carboxylic acids is 1. The third-order valence-electron chi connectivity index (χ3n) is 4.46. The molecule has 0 aliphatic rings. The number of methoxy groups -OCH3 is 1. The van der Waals surface area contributed by atoms with Crippen molar-refractivity contribution in [3.63, 3.8) is 0 Å². The van der Waals surface area contributed by atoms with Crippen LogP contribution < -0.4 is 15.6 Å². The number of hydrogen-bond acceptors (Lipinski definition) is 6. The Balaban J connectivity index is 1.55. The molecule has 4 aromatic rings. The number of fused-ring (bicyclic) bond motifs is 1. The number of aryl methyl sites for hydroxylation is 1. The van der Waals surface area contributed by atoms with Gasteiger partial charge in [-0.3, -0.25) is 20.0 Å². The number of rotatable bonds is 5. The molecule has 0 atom stereocenters. The van der Waals surface area contributed by atoms with Crippen LogP contribution in [-0.2, 0) is 13.5 Å². The minimum Gasteiger partial charge on any atom is -0.497 e. The second kappa shape index (κ2) is 7.55. The minimum absolute atomic E-state index is 0.129. The maximum Gasteiger partial charge on any atom is 0.279 e. The number of ether oxygens (including phenoxy) is 1. The van der Waals surface area contributed by atoms with Crippen molar-refractivity contribution in [1.29, 1.82) is 0 Å². The number of anilines is 1. The van der Waals surface area contributed by atoms with E-state index in [1.165, 1.54) is 7.05 Å². The van der Waals surface area contributed by atoms with Gasteiger partial charge in [-0.2, -0.15) is 10.1 Å². The molecule has 0 saturated heterocycles. The molecule has 0 fully saturated rings. The van der Waals surface area contributed by atoms with Crippen LogP contribution in [-0.4, -0.2) is 38.0 Å². The highest BCUT2D eigenvalue weighted by molar-refractivity contribution is 6.10. The molecule has 1 amide bonds. The Bertz CT molecular complexity index is 1240. The topological polar surface area (TPSA) is 115 Å². The molecule has 146 valence electrons. The summed E-state index contributed by atoms with van der Waals surface area (Å²) in [5, 5.41) is 14.5. The van der Waals surface area contributed by atoms with Crippen molar-refractivity contribution in [2.24, 2.45) is 7.05 Å². The van der Waals surface area contributed by atoms with Crippen LogP contribution >= 0.6 is 0 Å². The zero-order valence-electron chi connectivity index (χ0n) is 15.8. The first-order chi connectivity index (χ1) is 14.0. The van der Waals surface area contributed by atoms with Crippen LogP contribution in [0.5, 0.6) is 5.75 Å². The molecule has 0 aliphatic heterocycles. The highest BCUT2D eigenvalue weighted by Crippen LogP contribution is 2.16. The van der Waals surface area contributed by atoms with E-state index in [-0.39, 0.29) is 17.2 Å². The summed E-state index contributed by atoms with van der Waals surface area (Å²) < 4.78 is 6.29. The highest BCUT2D eigenvalue weighted by Gasteiger charge is 2.17. The first-order valence-electron chi connectivity index (χ1n) is 8.87. The van der Waals surface area contributed by atoms with Crippen molar-refractivity contribution < 1.29 is 9.53 Å². The highest BCUT2D eigenvalue weighted by atomic mass is 16.5. The zero-order valence-corrected chi connectivity index (χ0v) is 15.8. The van der Waals surface area contributed by atoms with Crippen molar-refractivity contribution in [3.8, 4) is 5.75 Å². The first-order valence-corrected chi connectivity index (χ1v) is 8.87. The molecule has 0 bridgehead atoms. The van der Waals surface area contributed by atoms with E-state index in [0.717, 1.165) is 16.0 Å². The molecule has 0 saturated carbocycles. The fourth-order valence-electron chi connectivity index (χ4n) is 3.00. The molecule has 2 aromatic carbocycles. The molecule has 9 heteroatoms. The molecule has 29 heavy (non-hydrogen) atoms. The van der Waals surface area contributed by atoms with Gasteiger partial charge in [-0.05, 0) is 23.8 Å². The van der Waals surface area contributed by atoms with Gasteiger partial charge in [0.2, 0.25) is 5.95 Å². The Hall–Kier alpha value is -4.01. The molecule has 0 unspecified atom stereocenters. The number of benzene rings is 2. The van der Waals surface area contributed by atoms with E-state index < -0.39 is 5.91 Å². The van der Waals surface area contributed by atoms with E-state index in [1.807, 2.05) is 24.3 Å². The number of nitrogens with zero attached hydrogens (tertiary/aromatic N) is 4. The maximum absolute atomic E-state index is 12.7. The zero-order chi connectivity index (χ0) is 20.4. The second-order valence-electron chi connectivity index (χ2n) is 6.41. The van der Waals surface area contributed by atoms with Crippen molar-refractivity contribution in [1.82, 2.24) is 25.0 Å². The standard InChI is InChI=1S/C20H18N6O3/c1-26-19(28)15-6-4-3-5-14(15)17(25-26)18(27)22-20-21-16(23-24-20)11-12-7-9-13(29-2)10-8-12/h3-10H,11H2,1-2H3,(H2,21,22,23,24,27). The van der Waals surface area contributed by atoms with E-state index in [4.69, 9.17) is 4.74 Å². The van der Waals surface area contributed by atoms with Crippen LogP contribution in [0.15, 0.2) is 53.3 Å². The summed E-state index contributed by atoms with van der Waals surface area (Å²) in [4.78, 5) is 29.3. The number of aromatic amines is 1. The van der Waals surface area contributed by atoms with Crippen LogP contribution in [0.4, 0.5) is 5.95 Å². The van der Waals surface area contributed by atoms with Gasteiger partial charge >= 0.3 is 0 Å².